The molecule has 0 aromatic heterocycles. The highest BCUT2D eigenvalue weighted by molar-refractivity contribution is 5.89. The van der Waals surface area contributed by atoms with Gasteiger partial charge in [0.05, 0.1) is 7.11 Å². The summed E-state index contributed by atoms with van der Waals surface area (Å²) in [5.74, 6) is 1.36. The standard InChI is InChI=1S/C16H23N3O2/c1-18-9-12-6-7-14(11-18)19(10-12)16(20)17-13-4-3-5-15(8-13)21-2/h3-5,8,12,14H,6-7,9-11H2,1-2H3,(H,17,20)/t12-,14+/m0/s1. The molecule has 114 valence electrons. The van der Waals surface area contributed by atoms with E-state index in [0.717, 1.165) is 37.5 Å². The maximum Gasteiger partial charge on any atom is 0.322 e. The molecule has 21 heavy (non-hydrogen) atoms. The lowest BCUT2D eigenvalue weighted by atomic mass is 9.95. The summed E-state index contributed by atoms with van der Waals surface area (Å²) in [6.07, 6.45) is 2.35. The summed E-state index contributed by atoms with van der Waals surface area (Å²) in [4.78, 5) is 16.9. The Hall–Kier alpha value is -1.75. The number of hydrogen-bond acceptors (Lipinski definition) is 3. The van der Waals surface area contributed by atoms with Crippen molar-refractivity contribution in [1.82, 2.24) is 9.80 Å². The van der Waals surface area contributed by atoms with Gasteiger partial charge in [-0.3, -0.25) is 0 Å². The van der Waals surface area contributed by atoms with Crippen LogP contribution in [0.15, 0.2) is 24.3 Å². The number of urea groups is 1. The fourth-order valence-corrected chi connectivity index (χ4v) is 3.46. The fraction of sp³-hybridized carbons (Fsp3) is 0.562. The smallest absolute Gasteiger partial charge is 0.322 e. The molecule has 1 aromatic rings. The second kappa shape index (κ2) is 5.93. The molecule has 0 spiro atoms. The first-order valence-corrected chi connectivity index (χ1v) is 7.56. The molecule has 2 bridgehead atoms. The van der Waals surface area contributed by atoms with Crippen LogP contribution in [0.4, 0.5) is 10.5 Å². The third-order valence-electron chi connectivity index (χ3n) is 4.48. The predicted molar refractivity (Wildman–Crippen MR) is 82.7 cm³/mol. The number of hydrogen-bond donors (Lipinski definition) is 1. The van der Waals surface area contributed by atoms with Crippen molar-refractivity contribution in [3.05, 3.63) is 24.3 Å². The molecule has 3 aliphatic rings. The van der Waals surface area contributed by atoms with Gasteiger partial charge in [-0.05, 0) is 37.9 Å². The Morgan fingerprint density at radius 1 is 1.29 bits per heavy atom. The molecule has 2 amide bonds. The molecule has 3 saturated heterocycles. The number of fused-ring (bicyclic) bond motifs is 4. The maximum absolute atomic E-state index is 12.6. The first kappa shape index (κ1) is 14.2. The highest BCUT2D eigenvalue weighted by Gasteiger charge is 2.36. The molecule has 0 unspecified atom stereocenters. The fourth-order valence-electron chi connectivity index (χ4n) is 3.46. The molecule has 3 aliphatic heterocycles. The lowest BCUT2D eigenvalue weighted by Crippen LogP contribution is -2.49. The van der Waals surface area contributed by atoms with Crippen LogP contribution < -0.4 is 10.1 Å². The van der Waals surface area contributed by atoms with Crippen molar-refractivity contribution in [1.29, 1.82) is 0 Å². The number of nitrogens with zero attached hydrogens (tertiary/aromatic N) is 2. The summed E-state index contributed by atoms with van der Waals surface area (Å²) in [5, 5.41) is 3.00. The van der Waals surface area contributed by atoms with E-state index in [0.29, 0.717) is 12.0 Å². The number of amides is 2. The van der Waals surface area contributed by atoms with Gasteiger partial charge in [-0.1, -0.05) is 6.07 Å². The molecular weight excluding hydrogens is 266 g/mol. The first-order chi connectivity index (χ1) is 10.2. The number of anilines is 1. The van der Waals surface area contributed by atoms with E-state index in [2.05, 4.69) is 17.3 Å². The molecule has 3 fully saturated rings. The molecule has 0 saturated carbocycles. The molecular formula is C16H23N3O2. The van der Waals surface area contributed by atoms with Crippen LogP contribution in [-0.4, -0.2) is 55.7 Å². The van der Waals surface area contributed by atoms with Crippen LogP contribution in [0.25, 0.3) is 0 Å². The van der Waals surface area contributed by atoms with Gasteiger partial charge in [-0.25, -0.2) is 4.79 Å². The van der Waals surface area contributed by atoms with E-state index < -0.39 is 0 Å². The summed E-state index contributed by atoms with van der Waals surface area (Å²) in [7, 11) is 3.78. The topological polar surface area (TPSA) is 44.8 Å². The minimum Gasteiger partial charge on any atom is -0.497 e. The van der Waals surface area contributed by atoms with E-state index in [-0.39, 0.29) is 6.03 Å². The number of methoxy groups -OCH3 is 1. The highest BCUT2D eigenvalue weighted by Crippen LogP contribution is 2.28. The van der Waals surface area contributed by atoms with Crippen molar-refractivity contribution in [2.45, 2.75) is 18.9 Å². The third-order valence-corrected chi connectivity index (χ3v) is 4.48. The summed E-state index contributed by atoms with van der Waals surface area (Å²) < 4.78 is 5.19. The molecule has 2 atom stereocenters. The normalized spacial score (nSPS) is 25.5. The van der Waals surface area contributed by atoms with E-state index >= 15 is 0 Å². The summed E-state index contributed by atoms with van der Waals surface area (Å²) in [6, 6.07) is 7.84. The number of rotatable bonds is 2. The zero-order chi connectivity index (χ0) is 14.8. The number of likely N-dealkylation sites (N-methyl/N-ethyl adjacent to an activating group) is 1. The van der Waals surface area contributed by atoms with Gasteiger partial charge in [-0.15, -0.1) is 0 Å². The number of nitrogens with one attached hydrogen (secondary N) is 1. The van der Waals surface area contributed by atoms with Crippen LogP contribution in [-0.2, 0) is 0 Å². The second-order valence-corrected chi connectivity index (χ2v) is 6.13. The van der Waals surface area contributed by atoms with Gasteiger partial charge in [0.1, 0.15) is 5.75 Å². The van der Waals surface area contributed by atoms with Gasteiger partial charge in [0.15, 0.2) is 0 Å². The van der Waals surface area contributed by atoms with Crippen LogP contribution in [0, 0.1) is 5.92 Å². The molecule has 1 aromatic carbocycles. The lowest BCUT2D eigenvalue weighted by Gasteiger charge is -2.36. The Balaban J connectivity index is 1.70. The van der Waals surface area contributed by atoms with Gasteiger partial charge in [0.2, 0.25) is 0 Å². The van der Waals surface area contributed by atoms with E-state index in [9.17, 15) is 4.79 Å². The van der Waals surface area contributed by atoms with Gasteiger partial charge in [0.25, 0.3) is 0 Å². The number of carbonyl (C=O) groups is 1. The molecule has 1 N–H and O–H groups in total. The zero-order valence-electron chi connectivity index (χ0n) is 12.7. The van der Waals surface area contributed by atoms with Crippen molar-refractivity contribution >= 4 is 11.7 Å². The van der Waals surface area contributed by atoms with Gasteiger partial charge in [-0.2, -0.15) is 0 Å². The van der Waals surface area contributed by atoms with Gasteiger partial charge < -0.3 is 19.9 Å². The summed E-state index contributed by atoms with van der Waals surface area (Å²) in [5.41, 5.74) is 0.785. The van der Waals surface area contributed by atoms with Crippen LogP contribution in [0.5, 0.6) is 5.75 Å². The minimum atomic E-state index is 0.00764. The molecule has 3 heterocycles. The van der Waals surface area contributed by atoms with Crippen molar-refractivity contribution in [3.63, 3.8) is 0 Å². The van der Waals surface area contributed by atoms with Gasteiger partial charge in [0, 0.05) is 37.4 Å². The molecule has 0 aliphatic carbocycles. The van der Waals surface area contributed by atoms with Gasteiger partial charge >= 0.3 is 6.03 Å². The van der Waals surface area contributed by atoms with Crippen LogP contribution in [0.2, 0.25) is 0 Å². The van der Waals surface area contributed by atoms with E-state index in [1.54, 1.807) is 7.11 Å². The molecule has 0 radical (unpaired) electrons. The Kier molecular flexibility index (Phi) is 4.01. The van der Waals surface area contributed by atoms with E-state index in [1.165, 1.54) is 6.42 Å². The van der Waals surface area contributed by atoms with Crippen LogP contribution in [0.1, 0.15) is 12.8 Å². The maximum atomic E-state index is 12.6. The van der Waals surface area contributed by atoms with E-state index in [1.807, 2.05) is 29.2 Å². The van der Waals surface area contributed by atoms with Crippen molar-refractivity contribution in [2.24, 2.45) is 5.92 Å². The predicted octanol–water partition coefficient (Wildman–Crippen LogP) is 2.25. The third kappa shape index (κ3) is 3.13. The first-order valence-electron chi connectivity index (χ1n) is 7.56. The summed E-state index contributed by atoms with van der Waals surface area (Å²) >= 11 is 0. The SMILES string of the molecule is COc1cccc(NC(=O)N2C[C@H]3CC[C@@H]2CN(C)C3)c1. The number of carbonyl (C=O) groups excluding carboxylic acids is 1. The van der Waals surface area contributed by atoms with Crippen molar-refractivity contribution in [3.8, 4) is 5.75 Å². The quantitative estimate of drug-likeness (QED) is 0.908. The minimum absolute atomic E-state index is 0.00764. The monoisotopic (exact) mass is 289 g/mol. The van der Waals surface area contributed by atoms with Crippen molar-refractivity contribution < 1.29 is 9.53 Å². The van der Waals surface area contributed by atoms with Crippen molar-refractivity contribution in [2.75, 3.05) is 39.1 Å². The Bertz CT molecular complexity index is 520. The number of ether oxygens (including phenoxy) is 1. The highest BCUT2D eigenvalue weighted by atomic mass is 16.5. The Morgan fingerprint density at radius 3 is 2.95 bits per heavy atom. The van der Waals surface area contributed by atoms with Crippen LogP contribution in [0.3, 0.4) is 0 Å². The Morgan fingerprint density at radius 2 is 2.14 bits per heavy atom. The van der Waals surface area contributed by atoms with E-state index in [4.69, 9.17) is 4.74 Å². The molecule has 4 rings (SSSR count). The summed E-state index contributed by atoms with van der Waals surface area (Å²) in [6.45, 7) is 2.94. The average Bonchev–Trinajstić information content (AvgIpc) is 2.76. The zero-order valence-corrected chi connectivity index (χ0v) is 12.7. The number of benzene rings is 1. The lowest BCUT2D eigenvalue weighted by molar-refractivity contribution is 0.152. The molecule has 5 nitrogen and oxygen atoms in total. The largest absolute Gasteiger partial charge is 0.497 e. The average molecular weight is 289 g/mol. The number of piperidine rings is 1. The second-order valence-electron chi connectivity index (χ2n) is 6.13. The van der Waals surface area contributed by atoms with Crippen LogP contribution >= 0.6 is 0 Å². The molecule has 5 heteroatoms. The Labute approximate surface area is 125 Å².